The van der Waals surface area contributed by atoms with Crippen molar-refractivity contribution in [1.29, 1.82) is 0 Å². The van der Waals surface area contributed by atoms with Gasteiger partial charge in [0.1, 0.15) is 6.10 Å². The molecule has 1 aliphatic rings. The first-order chi connectivity index (χ1) is 9.11. The standard InChI is InChI=1S/C16H20O3/c1-3-16(2)9-14(19-15(17)10-16)12-18-11-13-7-5-4-6-8-13/h3-8,14H,1,9-12H2,2H3. The van der Waals surface area contributed by atoms with Crippen LogP contribution in [0.5, 0.6) is 0 Å². The molecule has 1 aliphatic heterocycles. The van der Waals surface area contributed by atoms with Crippen molar-refractivity contribution >= 4 is 5.97 Å². The Labute approximate surface area is 114 Å². The third-order valence-electron chi connectivity index (χ3n) is 3.45. The average molecular weight is 260 g/mol. The van der Waals surface area contributed by atoms with Gasteiger partial charge in [-0.3, -0.25) is 4.79 Å². The molecule has 0 radical (unpaired) electrons. The monoisotopic (exact) mass is 260 g/mol. The van der Waals surface area contributed by atoms with Crippen molar-refractivity contribution in [2.45, 2.75) is 32.5 Å². The minimum atomic E-state index is -0.173. The van der Waals surface area contributed by atoms with Gasteiger partial charge >= 0.3 is 5.97 Å². The van der Waals surface area contributed by atoms with Crippen LogP contribution in [0.3, 0.4) is 0 Å². The van der Waals surface area contributed by atoms with E-state index in [2.05, 4.69) is 6.58 Å². The summed E-state index contributed by atoms with van der Waals surface area (Å²) in [5.41, 5.74) is 0.951. The van der Waals surface area contributed by atoms with Gasteiger partial charge in [0, 0.05) is 0 Å². The van der Waals surface area contributed by atoms with E-state index < -0.39 is 0 Å². The fourth-order valence-electron chi connectivity index (χ4n) is 2.32. The first kappa shape index (κ1) is 13.8. The fourth-order valence-corrected chi connectivity index (χ4v) is 2.32. The highest BCUT2D eigenvalue weighted by Gasteiger charge is 2.35. The lowest BCUT2D eigenvalue weighted by Crippen LogP contribution is -2.37. The second kappa shape index (κ2) is 6.02. The highest BCUT2D eigenvalue weighted by molar-refractivity contribution is 5.71. The second-order valence-corrected chi connectivity index (χ2v) is 5.35. The second-order valence-electron chi connectivity index (χ2n) is 5.35. The van der Waals surface area contributed by atoms with Gasteiger partial charge in [0.15, 0.2) is 0 Å². The van der Waals surface area contributed by atoms with Gasteiger partial charge < -0.3 is 9.47 Å². The Hall–Kier alpha value is -1.61. The van der Waals surface area contributed by atoms with Gasteiger partial charge in [0.25, 0.3) is 0 Å². The minimum absolute atomic E-state index is 0.165. The van der Waals surface area contributed by atoms with Crippen molar-refractivity contribution in [2.75, 3.05) is 6.61 Å². The molecule has 0 N–H and O–H groups in total. The van der Waals surface area contributed by atoms with Gasteiger partial charge in [0.2, 0.25) is 0 Å². The van der Waals surface area contributed by atoms with Crippen LogP contribution in [0, 0.1) is 5.41 Å². The molecule has 0 bridgehead atoms. The lowest BCUT2D eigenvalue weighted by molar-refractivity contribution is -0.163. The molecule has 1 aromatic rings. The molecule has 0 amide bonds. The van der Waals surface area contributed by atoms with Crippen LogP contribution in [0.25, 0.3) is 0 Å². The molecule has 2 atom stereocenters. The van der Waals surface area contributed by atoms with Crippen LogP contribution >= 0.6 is 0 Å². The average Bonchev–Trinajstić information content (AvgIpc) is 2.39. The quantitative estimate of drug-likeness (QED) is 0.603. The largest absolute Gasteiger partial charge is 0.460 e. The molecule has 19 heavy (non-hydrogen) atoms. The maximum atomic E-state index is 11.6. The van der Waals surface area contributed by atoms with E-state index in [-0.39, 0.29) is 17.5 Å². The van der Waals surface area contributed by atoms with E-state index in [0.717, 1.165) is 12.0 Å². The predicted molar refractivity (Wildman–Crippen MR) is 73.5 cm³/mol. The normalized spacial score (nSPS) is 26.8. The van der Waals surface area contributed by atoms with Crippen LogP contribution in [-0.4, -0.2) is 18.7 Å². The third-order valence-corrected chi connectivity index (χ3v) is 3.45. The zero-order chi connectivity index (χ0) is 13.7. The summed E-state index contributed by atoms with van der Waals surface area (Å²) in [5, 5.41) is 0. The molecule has 0 aromatic heterocycles. The van der Waals surface area contributed by atoms with E-state index >= 15 is 0 Å². The smallest absolute Gasteiger partial charge is 0.307 e. The van der Waals surface area contributed by atoms with E-state index in [4.69, 9.17) is 9.47 Å². The Morgan fingerprint density at radius 1 is 1.47 bits per heavy atom. The number of carbonyl (C=O) groups is 1. The lowest BCUT2D eigenvalue weighted by Gasteiger charge is -2.34. The first-order valence-corrected chi connectivity index (χ1v) is 6.56. The van der Waals surface area contributed by atoms with Gasteiger partial charge in [-0.25, -0.2) is 0 Å². The maximum Gasteiger partial charge on any atom is 0.307 e. The van der Waals surface area contributed by atoms with E-state index in [1.807, 2.05) is 43.3 Å². The maximum absolute atomic E-state index is 11.6. The van der Waals surface area contributed by atoms with Crippen LogP contribution < -0.4 is 0 Å². The number of rotatable bonds is 5. The Morgan fingerprint density at radius 2 is 2.21 bits per heavy atom. The predicted octanol–water partition coefficient (Wildman–Crippen LogP) is 3.10. The number of carbonyl (C=O) groups excluding carboxylic acids is 1. The summed E-state index contributed by atoms with van der Waals surface area (Å²) in [5.74, 6) is -0.165. The lowest BCUT2D eigenvalue weighted by atomic mass is 9.80. The Kier molecular flexibility index (Phi) is 4.38. The minimum Gasteiger partial charge on any atom is -0.460 e. The van der Waals surface area contributed by atoms with Gasteiger partial charge in [-0.05, 0) is 17.4 Å². The summed E-state index contributed by atoms with van der Waals surface area (Å²) < 4.78 is 10.9. The molecule has 1 aromatic carbocycles. The van der Waals surface area contributed by atoms with Gasteiger partial charge in [0.05, 0.1) is 19.6 Å². The van der Waals surface area contributed by atoms with E-state index in [0.29, 0.717) is 19.6 Å². The highest BCUT2D eigenvalue weighted by atomic mass is 16.6. The van der Waals surface area contributed by atoms with Crippen molar-refractivity contribution in [3.8, 4) is 0 Å². The highest BCUT2D eigenvalue weighted by Crippen LogP contribution is 2.34. The number of cyclic esters (lactones) is 1. The van der Waals surface area contributed by atoms with Crippen LogP contribution in [0.1, 0.15) is 25.3 Å². The van der Waals surface area contributed by atoms with E-state index in [9.17, 15) is 4.79 Å². The summed E-state index contributed by atoms with van der Waals surface area (Å²) in [4.78, 5) is 11.6. The molecule has 2 unspecified atom stereocenters. The van der Waals surface area contributed by atoms with Gasteiger partial charge in [-0.2, -0.15) is 0 Å². The molecule has 102 valence electrons. The summed E-state index contributed by atoms with van der Waals surface area (Å²) in [6, 6.07) is 9.96. The van der Waals surface area contributed by atoms with Crippen LogP contribution in [0.4, 0.5) is 0 Å². The van der Waals surface area contributed by atoms with Gasteiger partial charge in [-0.1, -0.05) is 43.3 Å². The van der Waals surface area contributed by atoms with Crippen LogP contribution in [-0.2, 0) is 20.9 Å². The molecule has 3 heteroatoms. The molecular formula is C16H20O3. The summed E-state index contributed by atoms with van der Waals surface area (Å²) in [6.45, 7) is 6.81. The Bertz CT molecular complexity index is 441. The summed E-state index contributed by atoms with van der Waals surface area (Å²) in [6.07, 6.45) is 2.85. The van der Waals surface area contributed by atoms with Crippen LogP contribution in [0.15, 0.2) is 43.0 Å². The first-order valence-electron chi connectivity index (χ1n) is 6.56. The zero-order valence-corrected chi connectivity index (χ0v) is 11.3. The van der Waals surface area contributed by atoms with E-state index in [1.165, 1.54) is 0 Å². The number of hydrogen-bond acceptors (Lipinski definition) is 3. The third kappa shape index (κ3) is 3.93. The Morgan fingerprint density at radius 3 is 2.89 bits per heavy atom. The molecule has 1 saturated heterocycles. The van der Waals surface area contributed by atoms with Crippen molar-refractivity contribution in [3.63, 3.8) is 0 Å². The summed E-state index contributed by atoms with van der Waals surface area (Å²) in [7, 11) is 0. The summed E-state index contributed by atoms with van der Waals surface area (Å²) >= 11 is 0. The number of hydrogen-bond donors (Lipinski definition) is 0. The molecule has 0 aliphatic carbocycles. The Balaban J connectivity index is 1.82. The van der Waals surface area contributed by atoms with Crippen molar-refractivity contribution in [3.05, 3.63) is 48.6 Å². The molecule has 0 spiro atoms. The number of ether oxygens (including phenoxy) is 2. The van der Waals surface area contributed by atoms with Crippen molar-refractivity contribution < 1.29 is 14.3 Å². The number of benzene rings is 1. The molecule has 3 nitrogen and oxygen atoms in total. The van der Waals surface area contributed by atoms with Crippen molar-refractivity contribution in [1.82, 2.24) is 0 Å². The molecule has 2 rings (SSSR count). The van der Waals surface area contributed by atoms with Gasteiger partial charge in [-0.15, -0.1) is 6.58 Å². The fraction of sp³-hybridized carbons (Fsp3) is 0.438. The SMILES string of the molecule is C=CC1(C)CC(=O)OC(COCc2ccccc2)C1. The molecule has 1 fully saturated rings. The van der Waals surface area contributed by atoms with E-state index in [1.54, 1.807) is 0 Å². The van der Waals surface area contributed by atoms with Crippen LogP contribution in [0.2, 0.25) is 0 Å². The zero-order valence-electron chi connectivity index (χ0n) is 11.3. The number of esters is 1. The van der Waals surface area contributed by atoms with Crippen molar-refractivity contribution in [2.24, 2.45) is 5.41 Å². The molecule has 1 heterocycles. The molecule has 0 saturated carbocycles. The molecular weight excluding hydrogens is 240 g/mol. The number of allylic oxidation sites excluding steroid dienone is 1. The topological polar surface area (TPSA) is 35.5 Å².